The minimum Gasteiger partial charge on any atom is -0.490 e. The molecule has 1 aliphatic carbocycles. The molecule has 5 rings (SSSR count). The maximum absolute atomic E-state index is 14.6. The molecule has 2 aliphatic rings. The van der Waals surface area contributed by atoms with Crippen molar-refractivity contribution < 1.29 is 28.6 Å². The first kappa shape index (κ1) is 38.0. The van der Waals surface area contributed by atoms with Crippen LogP contribution < -0.4 is 9.47 Å². The first-order valence-corrected chi connectivity index (χ1v) is 20.9. The summed E-state index contributed by atoms with van der Waals surface area (Å²) in [6, 6.07) is 19.8. The predicted molar refractivity (Wildman–Crippen MR) is 202 cm³/mol. The first-order valence-electron chi connectivity index (χ1n) is 16.9. The molecule has 1 aliphatic heterocycles. The lowest BCUT2D eigenvalue weighted by molar-refractivity contribution is -0.128. The largest absolute Gasteiger partial charge is 0.490 e. The fourth-order valence-electron chi connectivity index (χ4n) is 5.65. The number of amides is 2. The third kappa shape index (κ3) is 9.17. The van der Waals surface area contributed by atoms with E-state index in [1.54, 1.807) is 18.2 Å². The van der Waals surface area contributed by atoms with Gasteiger partial charge in [-0.3, -0.25) is 9.69 Å². The molecule has 1 fully saturated rings. The van der Waals surface area contributed by atoms with Gasteiger partial charge in [0.15, 0.2) is 8.32 Å². The smallest absolute Gasteiger partial charge is 0.407 e. The minimum atomic E-state index is -2.19. The van der Waals surface area contributed by atoms with Crippen LogP contribution in [0.5, 0.6) is 11.5 Å². The van der Waals surface area contributed by atoms with Gasteiger partial charge < -0.3 is 23.9 Å². The lowest BCUT2D eigenvalue weighted by Gasteiger charge is -2.41. The van der Waals surface area contributed by atoms with Gasteiger partial charge in [0.2, 0.25) is 0 Å². The number of nitrogens with zero attached hydrogens (tertiary/aromatic N) is 2. The van der Waals surface area contributed by atoms with Crippen LogP contribution in [0.3, 0.4) is 0 Å². The van der Waals surface area contributed by atoms with E-state index in [4.69, 9.17) is 48.7 Å². The molecule has 2 amide bonds. The van der Waals surface area contributed by atoms with Gasteiger partial charge in [0.1, 0.15) is 24.7 Å². The quantitative estimate of drug-likeness (QED) is 0.138. The Kier molecular flexibility index (Phi) is 12.2. The highest BCUT2D eigenvalue weighted by Gasteiger charge is 2.42. The second-order valence-electron chi connectivity index (χ2n) is 14.3. The molecule has 0 saturated heterocycles. The molecule has 1 atom stereocenters. The third-order valence-electron chi connectivity index (χ3n) is 9.79. The van der Waals surface area contributed by atoms with E-state index < -0.39 is 20.5 Å². The lowest BCUT2D eigenvalue weighted by Crippen LogP contribution is -2.51. The van der Waals surface area contributed by atoms with E-state index >= 15 is 0 Å². The molecule has 0 radical (unpaired) electrons. The Hall–Kier alpha value is -3.21. The van der Waals surface area contributed by atoms with Crippen LogP contribution in [0.1, 0.15) is 51.2 Å². The second-order valence-corrected chi connectivity index (χ2v) is 20.3. The summed E-state index contributed by atoms with van der Waals surface area (Å²) in [5.41, 5.74) is 2.82. The van der Waals surface area contributed by atoms with Crippen LogP contribution in [0.15, 0.2) is 72.3 Å². The van der Waals surface area contributed by atoms with Crippen LogP contribution in [0, 0.1) is 0 Å². The SMILES string of the molecule is CC(C)(C)[Si](C)(C)OCC1CC(c2ccc(OCCOc3ccccc3Cl)cc2)=C(C(=O)N(Cc2cccc(Cl)c2Cl)C2CC2)CN1C(=O)O. The van der Waals surface area contributed by atoms with Gasteiger partial charge in [0.25, 0.3) is 5.91 Å². The minimum absolute atomic E-state index is 0.0352. The molecule has 50 heavy (non-hydrogen) atoms. The molecule has 8 nitrogen and oxygen atoms in total. The molecule has 1 heterocycles. The highest BCUT2D eigenvalue weighted by atomic mass is 35.5. The van der Waals surface area contributed by atoms with Crippen molar-refractivity contribution in [2.45, 2.75) is 76.8 Å². The normalized spacial score (nSPS) is 16.7. The zero-order valence-corrected chi connectivity index (χ0v) is 32.4. The van der Waals surface area contributed by atoms with Crippen LogP contribution in [0.25, 0.3) is 5.57 Å². The molecule has 0 bridgehead atoms. The number of carbonyl (C=O) groups excluding carboxylic acids is 1. The standard InChI is InChI=1S/C38H45Cl3N2O6Si/c1-38(2,3)50(4,5)49-24-28-21-30(25-13-17-29(18-14-25)47-19-20-48-34-12-7-6-10-32(34)39)31(23-43(28)37(45)46)36(44)42(27-15-16-27)22-26-9-8-11-33(40)35(26)41/h6-14,17-18,27-28H,15-16,19-24H2,1-5H3,(H,45,46). The number of hydrogen-bond donors (Lipinski definition) is 1. The zero-order valence-electron chi connectivity index (χ0n) is 29.2. The van der Waals surface area contributed by atoms with E-state index in [0.29, 0.717) is 51.8 Å². The summed E-state index contributed by atoms with van der Waals surface area (Å²) in [5, 5.41) is 11.7. The lowest BCUT2D eigenvalue weighted by atomic mass is 9.88. The van der Waals surface area contributed by atoms with Crippen molar-refractivity contribution >= 4 is 60.7 Å². The molecule has 0 spiro atoms. The Morgan fingerprint density at radius 3 is 2.22 bits per heavy atom. The van der Waals surface area contributed by atoms with Crippen molar-refractivity contribution in [1.29, 1.82) is 0 Å². The average Bonchev–Trinajstić information content (AvgIpc) is 3.92. The van der Waals surface area contributed by atoms with Crippen LogP contribution >= 0.6 is 34.8 Å². The van der Waals surface area contributed by atoms with E-state index in [-0.39, 0.29) is 36.7 Å². The van der Waals surface area contributed by atoms with Gasteiger partial charge in [0, 0.05) is 18.2 Å². The van der Waals surface area contributed by atoms with Crippen molar-refractivity contribution in [1.82, 2.24) is 9.80 Å². The molecule has 3 aromatic carbocycles. The topological polar surface area (TPSA) is 88.5 Å². The van der Waals surface area contributed by atoms with Crippen molar-refractivity contribution in [2.24, 2.45) is 0 Å². The average molecular weight is 760 g/mol. The maximum atomic E-state index is 14.6. The van der Waals surface area contributed by atoms with Gasteiger partial charge in [-0.25, -0.2) is 4.79 Å². The van der Waals surface area contributed by atoms with Crippen molar-refractivity contribution in [3.63, 3.8) is 0 Å². The number of benzene rings is 3. The maximum Gasteiger partial charge on any atom is 0.407 e. The fourth-order valence-corrected chi connectivity index (χ4v) is 7.26. The van der Waals surface area contributed by atoms with E-state index in [2.05, 4.69) is 33.9 Å². The summed E-state index contributed by atoms with van der Waals surface area (Å²) in [6.07, 6.45) is 0.968. The number of rotatable bonds is 13. The number of carboxylic acid groups (broad SMARTS) is 1. The highest BCUT2D eigenvalue weighted by molar-refractivity contribution is 6.74. The molecule has 1 N–H and O–H groups in total. The van der Waals surface area contributed by atoms with E-state index in [1.807, 2.05) is 53.4 Å². The van der Waals surface area contributed by atoms with E-state index in [0.717, 1.165) is 29.5 Å². The number of ether oxygens (including phenoxy) is 2. The molecular formula is C38H45Cl3N2O6Si. The zero-order chi connectivity index (χ0) is 36.2. The summed E-state index contributed by atoms with van der Waals surface area (Å²) in [5.74, 6) is 1.03. The van der Waals surface area contributed by atoms with Gasteiger partial charge >= 0.3 is 6.09 Å². The van der Waals surface area contributed by atoms with E-state index in [1.165, 1.54) is 4.90 Å². The number of para-hydroxylation sites is 1. The molecule has 268 valence electrons. The van der Waals surface area contributed by atoms with Crippen molar-refractivity contribution in [2.75, 3.05) is 26.4 Å². The van der Waals surface area contributed by atoms with E-state index in [9.17, 15) is 14.7 Å². The van der Waals surface area contributed by atoms with Gasteiger partial charge in [0.05, 0.1) is 34.3 Å². The Morgan fingerprint density at radius 2 is 1.58 bits per heavy atom. The second kappa shape index (κ2) is 16.0. The number of carbonyl (C=O) groups is 2. The summed E-state index contributed by atoms with van der Waals surface area (Å²) >= 11 is 19.1. The molecule has 1 unspecified atom stereocenters. The summed E-state index contributed by atoms with van der Waals surface area (Å²) < 4.78 is 18.2. The first-order chi connectivity index (χ1) is 23.7. The Bertz CT molecular complexity index is 1720. The predicted octanol–water partition coefficient (Wildman–Crippen LogP) is 9.82. The highest BCUT2D eigenvalue weighted by Crippen LogP contribution is 2.40. The van der Waals surface area contributed by atoms with Crippen LogP contribution in [-0.2, 0) is 15.8 Å². The molecular weight excluding hydrogens is 715 g/mol. The van der Waals surface area contributed by atoms with Crippen molar-refractivity contribution in [3.8, 4) is 11.5 Å². The molecule has 3 aromatic rings. The molecule has 12 heteroatoms. The number of hydrogen-bond acceptors (Lipinski definition) is 5. The monoisotopic (exact) mass is 758 g/mol. The Balaban J connectivity index is 1.43. The summed E-state index contributed by atoms with van der Waals surface area (Å²) in [4.78, 5) is 30.5. The summed E-state index contributed by atoms with van der Waals surface area (Å²) in [7, 11) is -2.19. The third-order valence-corrected chi connectivity index (χ3v) is 15.5. The van der Waals surface area contributed by atoms with Gasteiger partial charge in [-0.1, -0.05) is 92.0 Å². The van der Waals surface area contributed by atoms with Gasteiger partial charge in [-0.05, 0) is 84.4 Å². The van der Waals surface area contributed by atoms with Gasteiger partial charge in [-0.15, -0.1) is 0 Å². The van der Waals surface area contributed by atoms with Crippen LogP contribution in [0.4, 0.5) is 4.79 Å². The van der Waals surface area contributed by atoms with Crippen LogP contribution in [-0.4, -0.2) is 73.7 Å². The number of halogens is 3. The molecule has 0 aromatic heterocycles. The van der Waals surface area contributed by atoms with Crippen LogP contribution in [0.2, 0.25) is 33.2 Å². The Morgan fingerprint density at radius 1 is 0.920 bits per heavy atom. The van der Waals surface area contributed by atoms with Crippen molar-refractivity contribution in [3.05, 3.63) is 98.5 Å². The fraction of sp³-hybridized carbons (Fsp3) is 0.421. The summed E-state index contributed by atoms with van der Waals surface area (Å²) in [6.45, 7) is 11.8. The Labute approximate surface area is 311 Å². The van der Waals surface area contributed by atoms with Gasteiger partial charge in [-0.2, -0.15) is 0 Å². The molecule has 1 saturated carbocycles.